The molecule has 15 heavy (non-hydrogen) atoms. The maximum Gasteiger partial charge on any atom is 0.147 e. The Labute approximate surface area is 93.3 Å². The van der Waals surface area contributed by atoms with Crippen molar-refractivity contribution in [2.24, 2.45) is 11.1 Å². The van der Waals surface area contributed by atoms with Crippen molar-refractivity contribution in [3.63, 3.8) is 0 Å². The highest BCUT2D eigenvalue weighted by atomic mass is 32.2. The lowest BCUT2D eigenvalue weighted by Crippen LogP contribution is -2.47. The van der Waals surface area contributed by atoms with Gasteiger partial charge >= 0.3 is 0 Å². The van der Waals surface area contributed by atoms with E-state index in [0.717, 1.165) is 19.3 Å². The fraction of sp³-hybridized carbons (Fsp3) is 1.00. The van der Waals surface area contributed by atoms with E-state index < -0.39 is 9.84 Å². The average molecular weight is 233 g/mol. The molecular formula is C11H23NO2S. The van der Waals surface area contributed by atoms with Crippen LogP contribution >= 0.6 is 0 Å². The van der Waals surface area contributed by atoms with Crippen molar-refractivity contribution in [2.75, 3.05) is 12.0 Å². The van der Waals surface area contributed by atoms with Gasteiger partial charge in [0.1, 0.15) is 9.84 Å². The Kier molecular flexibility index (Phi) is 3.51. The zero-order chi connectivity index (χ0) is 11.7. The van der Waals surface area contributed by atoms with Crippen LogP contribution in [0.2, 0.25) is 0 Å². The zero-order valence-electron chi connectivity index (χ0n) is 10.0. The van der Waals surface area contributed by atoms with Gasteiger partial charge in [-0.05, 0) is 31.1 Å². The number of hydrogen-bond donors (Lipinski definition) is 1. The first kappa shape index (κ1) is 13.0. The second kappa shape index (κ2) is 4.06. The van der Waals surface area contributed by atoms with Gasteiger partial charge in [-0.3, -0.25) is 0 Å². The van der Waals surface area contributed by atoms with Gasteiger partial charge < -0.3 is 5.73 Å². The van der Waals surface area contributed by atoms with Crippen molar-refractivity contribution in [1.82, 2.24) is 0 Å². The lowest BCUT2D eigenvalue weighted by Gasteiger charge is -2.42. The van der Waals surface area contributed by atoms with Crippen molar-refractivity contribution < 1.29 is 8.42 Å². The lowest BCUT2D eigenvalue weighted by atomic mass is 9.67. The van der Waals surface area contributed by atoms with Gasteiger partial charge in [-0.2, -0.15) is 0 Å². The third kappa shape index (κ3) is 4.51. The number of rotatable bonds is 3. The monoisotopic (exact) mass is 233 g/mol. The molecule has 0 aromatic heterocycles. The average Bonchev–Trinajstić information content (AvgIpc) is 1.97. The van der Waals surface area contributed by atoms with Crippen LogP contribution in [0, 0.1) is 5.41 Å². The molecule has 1 aliphatic rings. The van der Waals surface area contributed by atoms with Gasteiger partial charge in [0, 0.05) is 11.8 Å². The van der Waals surface area contributed by atoms with Crippen molar-refractivity contribution in [1.29, 1.82) is 0 Å². The Hall–Kier alpha value is -0.0900. The smallest absolute Gasteiger partial charge is 0.147 e. The highest BCUT2D eigenvalue weighted by Crippen LogP contribution is 2.41. The summed E-state index contributed by atoms with van der Waals surface area (Å²) < 4.78 is 22.2. The molecule has 1 unspecified atom stereocenters. The molecule has 0 heterocycles. The second-order valence-electron chi connectivity index (χ2n) is 5.94. The quantitative estimate of drug-likeness (QED) is 0.807. The first-order chi connectivity index (χ1) is 6.62. The van der Waals surface area contributed by atoms with Crippen molar-refractivity contribution >= 4 is 9.84 Å². The van der Waals surface area contributed by atoms with Gasteiger partial charge in [-0.1, -0.05) is 20.3 Å². The van der Waals surface area contributed by atoms with Gasteiger partial charge in [-0.25, -0.2) is 8.42 Å². The molecule has 0 aromatic carbocycles. The van der Waals surface area contributed by atoms with Gasteiger partial charge in [0.2, 0.25) is 0 Å². The van der Waals surface area contributed by atoms with Crippen LogP contribution in [0.4, 0.5) is 0 Å². The summed E-state index contributed by atoms with van der Waals surface area (Å²) in [5.41, 5.74) is 6.29. The van der Waals surface area contributed by atoms with Crippen LogP contribution in [-0.4, -0.2) is 26.0 Å². The minimum absolute atomic E-state index is 0.222. The van der Waals surface area contributed by atoms with E-state index in [-0.39, 0.29) is 16.7 Å². The molecule has 2 N–H and O–H groups in total. The van der Waals surface area contributed by atoms with Crippen LogP contribution in [0.25, 0.3) is 0 Å². The lowest BCUT2D eigenvalue weighted by molar-refractivity contribution is 0.148. The summed E-state index contributed by atoms with van der Waals surface area (Å²) in [6.07, 6.45) is 6.11. The molecule has 0 saturated heterocycles. The summed E-state index contributed by atoms with van der Waals surface area (Å²) in [5.74, 6) is 0.222. The van der Waals surface area contributed by atoms with E-state index >= 15 is 0 Å². The molecule has 1 fully saturated rings. The first-order valence-electron chi connectivity index (χ1n) is 5.59. The zero-order valence-corrected chi connectivity index (χ0v) is 10.9. The summed E-state index contributed by atoms with van der Waals surface area (Å²) in [5, 5.41) is 0. The van der Waals surface area contributed by atoms with Crippen molar-refractivity contribution in [3.8, 4) is 0 Å². The van der Waals surface area contributed by atoms with Gasteiger partial charge in [0.15, 0.2) is 0 Å². The van der Waals surface area contributed by atoms with Crippen LogP contribution in [0.5, 0.6) is 0 Å². The van der Waals surface area contributed by atoms with E-state index in [0.29, 0.717) is 6.42 Å². The van der Waals surface area contributed by atoms with Gasteiger partial charge in [-0.15, -0.1) is 0 Å². The predicted octanol–water partition coefficient (Wildman–Crippen LogP) is 1.72. The SMILES string of the molecule is CC1(C)CCCC(N)(CCS(C)(=O)=O)C1. The molecule has 1 atom stereocenters. The van der Waals surface area contributed by atoms with Crippen LogP contribution in [0.1, 0.15) is 46.0 Å². The molecule has 0 aromatic rings. The van der Waals surface area contributed by atoms with Crippen LogP contribution in [-0.2, 0) is 9.84 Å². The predicted molar refractivity (Wildman–Crippen MR) is 63.5 cm³/mol. The molecule has 90 valence electrons. The Balaban J connectivity index is 2.59. The fourth-order valence-electron chi connectivity index (χ4n) is 2.65. The first-order valence-corrected chi connectivity index (χ1v) is 7.65. The standard InChI is InChI=1S/C11H23NO2S/c1-10(2)5-4-6-11(12,9-10)7-8-15(3,13)14/h4-9,12H2,1-3H3. The summed E-state index contributed by atoms with van der Waals surface area (Å²) in [6.45, 7) is 4.43. The van der Waals surface area contributed by atoms with Crippen molar-refractivity contribution in [3.05, 3.63) is 0 Å². The maximum absolute atomic E-state index is 11.1. The van der Waals surface area contributed by atoms with Gasteiger partial charge in [0.25, 0.3) is 0 Å². The normalized spacial score (nSPS) is 31.5. The van der Waals surface area contributed by atoms with Gasteiger partial charge in [0.05, 0.1) is 5.75 Å². The molecule has 1 rings (SSSR count). The largest absolute Gasteiger partial charge is 0.325 e. The van der Waals surface area contributed by atoms with Crippen LogP contribution < -0.4 is 5.73 Å². The van der Waals surface area contributed by atoms with E-state index in [2.05, 4.69) is 13.8 Å². The summed E-state index contributed by atoms with van der Waals surface area (Å²) in [4.78, 5) is 0. The minimum Gasteiger partial charge on any atom is -0.325 e. The molecule has 0 spiro atoms. The second-order valence-corrected chi connectivity index (χ2v) is 8.20. The van der Waals surface area contributed by atoms with E-state index in [9.17, 15) is 8.42 Å². The number of nitrogens with two attached hydrogens (primary N) is 1. The Morgan fingerprint density at radius 2 is 1.87 bits per heavy atom. The summed E-state index contributed by atoms with van der Waals surface area (Å²) >= 11 is 0. The topological polar surface area (TPSA) is 60.2 Å². The Morgan fingerprint density at radius 1 is 1.27 bits per heavy atom. The highest BCUT2D eigenvalue weighted by molar-refractivity contribution is 7.90. The van der Waals surface area contributed by atoms with E-state index in [1.54, 1.807) is 0 Å². The molecule has 3 nitrogen and oxygen atoms in total. The van der Waals surface area contributed by atoms with E-state index in [1.807, 2.05) is 0 Å². The molecule has 1 aliphatic carbocycles. The fourth-order valence-corrected chi connectivity index (χ4v) is 3.43. The van der Waals surface area contributed by atoms with Crippen LogP contribution in [0.15, 0.2) is 0 Å². The number of hydrogen-bond acceptors (Lipinski definition) is 3. The summed E-state index contributed by atoms with van der Waals surface area (Å²) in [6, 6.07) is 0. The molecule has 0 amide bonds. The molecule has 4 heteroatoms. The molecule has 0 radical (unpaired) electrons. The third-order valence-electron chi connectivity index (χ3n) is 3.33. The molecule has 1 saturated carbocycles. The van der Waals surface area contributed by atoms with E-state index in [1.165, 1.54) is 12.7 Å². The highest BCUT2D eigenvalue weighted by Gasteiger charge is 2.37. The number of sulfone groups is 1. The molecule has 0 bridgehead atoms. The Bertz CT molecular complexity index is 321. The molecular weight excluding hydrogens is 210 g/mol. The van der Waals surface area contributed by atoms with Crippen LogP contribution in [0.3, 0.4) is 0 Å². The van der Waals surface area contributed by atoms with Crippen molar-refractivity contribution in [2.45, 2.75) is 51.5 Å². The maximum atomic E-state index is 11.1. The van der Waals surface area contributed by atoms with E-state index in [4.69, 9.17) is 5.73 Å². The third-order valence-corrected chi connectivity index (χ3v) is 4.28. The summed E-state index contributed by atoms with van der Waals surface area (Å²) in [7, 11) is -2.88. The minimum atomic E-state index is -2.88. The Morgan fingerprint density at radius 3 is 2.33 bits per heavy atom. The molecule has 0 aliphatic heterocycles.